The van der Waals surface area contributed by atoms with Crippen molar-refractivity contribution in [1.29, 1.82) is 0 Å². The molecule has 1 amide bonds. The molecule has 0 aliphatic carbocycles. The first-order valence-electron chi connectivity index (χ1n) is 6.34. The van der Waals surface area contributed by atoms with E-state index in [4.69, 9.17) is 4.74 Å². The Bertz CT molecular complexity index is 231. The molecule has 1 atom stereocenters. The van der Waals surface area contributed by atoms with E-state index in [-0.39, 0.29) is 6.09 Å². The van der Waals surface area contributed by atoms with E-state index >= 15 is 0 Å². The van der Waals surface area contributed by atoms with Gasteiger partial charge in [0.1, 0.15) is 0 Å². The molecule has 1 heterocycles. The number of hydrogen-bond acceptors (Lipinski definition) is 4. The summed E-state index contributed by atoms with van der Waals surface area (Å²) in [6.45, 7) is 6.14. The third-order valence-corrected chi connectivity index (χ3v) is 3.79. The van der Waals surface area contributed by atoms with Crippen LogP contribution in [-0.4, -0.2) is 54.8 Å². The lowest BCUT2D eigenvalue weighted by molar-refractivity contribution is 0.0946. The van der Waals surface area contributed by atoms with Gasteiger partial charge in [-0.2, -0.15) is 11.8 Å². The molecular weight excluding hydrogens is 236 g/mol. The molecule has 0 aromatic heterocycles. The number of piperidine rings is 1. The van der Waals surface area contributed by atoms with Gasteiger partial charge >= 0.3 is 6.09 Å². The van der Waals surface area contributed by atoms with Gasteiger partial charge in [-0.3, -0.25) is 0 Å². The second-order valence-electron chi connectivity index (χ2n) is 4.48. The molecule has 1 fully saturated rings. The normalized spacial score (nSPS) is 19.1. The van der Waals surface area contributed by atoms with Crippen LogP contribution < -0.4 is 5.32 Å². The molecule has 1 saturated heterocycles. The molecule has 100 valence electrons. The van der Waals surface area contributed by atoms with Crippen LogP contribution in [0.5, 0.6) is 0 Å². The van der Waals surface area contributed by atoms with Gasteiger partial charge in [0.2, 0.25) is 0 Å². The lowest BCUT2D eigenvalue weighted by Crippen LogP contribution is -2.47. The van der Waals surface area contributed by atoms with Gasteiger partial charge in [-0.1, -0.05) is 0 Å². The average Bonchev–Trinajstić information content (AvgIpc) is 2.30. The minimum absolute atomic E-state index is 0.164. The van der Waals surface area contributed by atoms with Crippen molar-refractivity contribution < 1.29 is 9.53 Å². The number of likely N-dealkylation sites (tertiary alicyclic amines) is 1. The molecule has 0 unspecified atom stereocenters. The number of amides is 1. The summed E-state index contributed by atoms with van der Waals surface area (Å²) >= 11 is 1.86. The summed E-state index contributed by atoms with van der Waals surface area (Å²) in [5, 5.41) is 3.61. The van der Waals surface area contributed by atoms with Crippen molar-refractivity contribution in [3.8, 4) is 0 Å². The summed E-state index contributed by atoms with van der Waals surface area (Å²) in [6.07, 6.45) is 4.01. The third-order valence-electron chi connectivity index (χ3n) is 2.96. The Morgan fingerprint density at radius 1 is 1.53 bits per heavy atom. The summed E-state index contributed by atoms with van der Waals surface area (Å²) in [4.78, 5) is 13.3. The Morgan fingerprint density at radius 3 is 2.71 bits per heavy atom. The zero-order valence-corrected chi connectivity index (χ0v) is 11.9. The number of thioether (sulfide) groups is 1. The molecule has 0 saturated carbocycles. The second-order valence-corrected chi connectivity index (χ2v) is 5.39. The van der Waals surface area contributed by atoms with E-state index < -0.39 is 0 Å². The Balaban J connectivity index is 2.23. The number of nitrogens with zero attached hydrogens (tertiary/aromatic N) is 1. The number of ether oxygens (including phenoxy) is 1. The highest BCUT2D eigenvalue weighted by atomic mass is 32.2. The topological polar surface area (TPSA) is 41.6 Å². The number of carbonyl (C=O) groups excluding carboxylic acids is 1. The first kappa shape index (κ1) is 14.6. The van der Waals surface area contributed by atoms with Gasteiger partial charge < -0.3 is 15.0 Å². The van der Waals surface area contributed by atoms with Crippen LogP contribution in [0.25, 0.3) is 0 Å². The standard InChI is InChI=1S/C12H24N2O2S/c1-4-16-12(15)14-7-5-11(6-8-14)13-10(2)9-17-3/h10-11,13H,4-9H2,1-3H3/t10-/m1/s1. The van der Waals surface area contributed by atoms with Gasteiger partial charge in [0.25, 0.3) is 0 Å². The van der Waals surface area contributed by atoms with Crippen LogP contribution in [0.4, 0.5) is 4.79 Å². The van der Waals surface area contributed by atoms with Crippen LogP contribution in [0, 0.1) is 0 Å². The quantitative estimate of drug-likeness (QED) is 0.820. The van der Waals surface area contributed by atoms with E-state index in [9.17, 15) is 4.79 Å². The molecule has 1 aliphatic heterocycles. The number of nitrogens with one attached hydrogen (secondary N) is 1. The highest BCUT2D eigenvalue weighted by Crippen LogP contribution is 2.12. The first-order chi connectivity index (χ1) is 8.17. The second kappa shape index (κ2) is 7.82. The lowest BCUT2D eigenvalue weighted by Gasteiger charge is -2.33. The van der Waals surface area contributed by atoms with Crippen LogP contribution in [0.1, 0.15) is 26.7 Å². The smallest absolute Gasteiger partial charge is 0.409 e. The van der Waals surface area contributed by atoms with Gasteiger partial charge in [0.15, 0.2) is 0 Å². The largest absolute Gasteiger partial charge is 0.450 e. The fourth-order valence-corrected chi connectivity index (χ4v) is 2.74. The summed E-state index contributed by atoms with van der Waals surface area (Å²) in [7, 11) is 0. The van der Waals surface area contributed by atoms with E-state index in [0.717, 1.165) is 31.7 Å². The molecule has 0 radical (unpaired) electrons. The predicted molar refractivity (Wildman–Crippen MR) is 72.6 cm³/mol. The van der Waals surface area contributed by atoms with Gasteiger partial charge in [0.05, 0.1) is 6.61 Å². The average molecular weight is 260 g/mol. The number of hydrogen-bond donors (Lipinski definition) is 1. The Morgan fingerprint density at radius 2 is 2.18 bits per heavy atom. The van der Waals surface area contributed by atoms with Crippen molar-refractivity contribution in [3.63, 3.8) is 0 Å². The van der Waals surface area contributed by atoms with Crippen molar-refractivity contribution in [2.75, 3.05) is 31.7 Å². The molecular formula is C12H24N2O2S. The Hall–Kier alpha value is -0.420. The molecule has 1 rings (SSSR count). The zero-order valence-electron chi connectivity index (χ0n) is 11.1. The molecule has 0 bridgehead atoms. The molecule has 1 N–H and O–H groups in total. The maximum absolute atomic E-state index is 11.5. The van der Waals surface area contributed by atoms with E-state index in [0.29, 0.717) is 18.7 Å². The van der Waals surface area contributed by atoms with Crippen LogP contribution in [0.2, 0.25) is 0 Å². The van der Waals surface area contributed by atoms with Gasteiger partial charge in [0, 0.05) is 30.9 Å². The highest BCUT2D eigenvalue weighted by molar-refractivity contribution is 7.98. The maximum Gasteiger partial charge on any atom is 0.409 e. The molecule has 5 heteroatoms. The summed E-state index contributed by atoms with van der Waals surface area (Å²) < 4.78 is 5.00. The van der Waals surface area contributed by atoms with E-state index in [1.54, 1.807) is 4.90 Å². The number of rotatable bonds is 5. The van der Waals surface area contributed by atoms with Crippen molar-refractivity contribution >= 4 is 17.9 Å². The van der Waals surface area contributed by atoms with Crippen molar-refractivity contribution in [1.82, 2.24) is 10.2 Å². The predicted octanol–water partition coefficient (Wildman–Crippen LogP) is 1.95. The van der Waals surface area contributed by atoms with Crippen LogP contribution >= 0.6 is 11.8 Å². The summed E-state index contributed by atoms with van der Waals surface area (Å²) in [5.74, 6) is 1.14. The summed E-state index contributed by atoms with van der Waals surface area (Å²) in [5.41, 5.74) is 0. The molecule has 17 heavy (non-hydrogen) atoms. The Labute approximate surface area is 108 Å². The fraction of sp³-hybridized carbons (Fsp3) is 0.917. The molecule has 0 aromatic rings. The maximum atomic E-state index is 11.5. The molecule has 0 aromatic carbocycles. The highest BCUT2D eigenvalue weighted by Gasteiger charge is 2.23. The van der Waals surface area contributed by atoms with Crippen LogP contribution in [-0.2, 0) is 4.74 Å². The van der Waals surface area contributed by atoms with Crippen LogP contribution in [0.15, 0.2) is 0 Å². The fourth-order valence-electron chi connectivity index (χ4n) is 2.14. The lowest BCUT2D eigenvalue weighted by atomic mass is 10.0. The molecule has 0 spiro atoms. The van der Waals surface area contributed by atoms with E-state index in [1.807, 2.05) is 18.7 Å². The number of carbonyl (C=O) groups is 1. The van der Waals surface area contributed by atoms with Crippen molar-refractivity contribution in [2.24, 2.45) is 0 Å². The van der Waals surface area contributed by atoms with E-state index in [1.165, 1.54) is 0 Å². The third kappa shape index (κ3) is 5.17. The SMILES string of the molecule is CCOC(=O)N1CCC(N[C@H](C)CSC)CC1. The molecule has 1 aliphatic rings. The minimum atomic E-state index is -0.164. The first-order valence-corrected chi connectivity index (χ1v) is 7.73. The monoisotopic (exact) mass is 260 g/mol. The van der Waals surface area contributed by atoms with Crippen molar-refractivity contribution in [3.05, 3.63) is 0 Å². The van der Waals surface area contributed by atoms with Crippen LogP contribution in [0.3, 0.4) is 0 Å². The van der Waals surface area contributed by atoms with Gasteiger partial charge in [-0.05, 0) is 32.9 Å². The summed E-state index contributed by atoms with van der Waals surface area (Å²) in [6, 6.07) is 1.09. The molecule has 4 nitrogen and oxygen atoms in total. The zero-order chi connectivity index (χ0) is 12.7. The van der Waals surface area contributed by atoms with Gasteiger partial charge in [-0.25, -0.2) is 4.79 Å². The minimum Gasteiger partial charge on any atom is -0.450 e. The van der Waals surface area contributed by atoms with E-state index in [2.05, 4.69) is 18.5 Å². The van der Waals surface area contributed by atoms with Gasteiger partial charge in [-0.15, -0.1) is 0 Å². The van der Waals surface area contributed by atoms with Crippen molar-refractivity contribution in [2.45, 2.75) is 38.8 Å². The Kier molecular flexibility index (Phi) is 6.73.